The van der Waals surface area contributed by atoms with E-state index in [0.29, 0.717) is 26.4 Å². The minimum Gasteiger partial charge on any atom is -0.377 e. The van der Waals surface area contributed by atoms with Crippen molar-refractivity contribution < 1.29 is 14.2 Å². The van der Waals surface area contributed by atoms with Crippen LogP contribution in [-0.4, -0.2) is 18.8 Å². The van der Waals surface area contributed by atoms with Crippen molar-refractivity contribution in [2.75, 3.05) is 6.61 Å². The summed E-state index contributed by atoms with van der Waals surface area (Å²) in [5.74, 6) is 0. The Balaban J connectivity index is 1.46. The molecular weight excluding hydrogens is 372 g/mol. The normalized spacial score (nSPS) is 13.1. The zero-order chi connectivity index (χ0) is 20.9. The molecule has 0 radical (unpaired) electrons. The van der Waals surface area contributed by atoms with Gasteiger partial charge in [-0.25, -0.2) is 0 Å². The van der Waals surface area contributed by atoms with Gasteiger partial charge in [0, 0.05) is 6.61 Å². The molecule has 2 atom stereocenters. The van der Waals surface area contributed by atoms with Gasteiger partial charge in [0.05, 0.1) is 32.0 Å². The Morgan fingerprint density at radius 2 is 1.07 bits per heavy atom. The lowest BCUT2D eigenvalue weighted by molar-refractivity contribution is -0.0829. The van der Waals surface area contributed by atoms with E-state index in [4.69, 9.17) is 14.2 Å². The summed E-state index contributed by atoms with van der Waals surface area (Å²) in [4.78, 5) is 0. The first-order valence-corrected chi connectivity index (χ1v) is 10.7. The summed E-state index contributed by atoms with van der Waals surface area (Å²) in [5, 5.41) is 0. The molecule has 2 unspecified atom stereocenters. The molecule has 0 aliphatic heterocycles. The van der Waals surface area contributed by atoms with Gasteiger partial charge in [-0.1, -0.05) is 91.0 Å². The van der Waals surface area contributed by atoms with E-state index in [1.807, 2.05) is 54.6 Å². The fourth-order valence-corrected chi connectivity index (χ4v) is 3.29. The van der Waals surface area contributed by atoms with Crippen molar-refractivity contribution >= 4 is 0 Å². The maximum Gasteiger partial charge on any atom is 0.0839 e. The molecule has 0 N–H and O–H groups in total. The number of ether oxygens (including phenoxy) is 3. The van der Waals surface area contributed by atoms with Gasteiger partial charge in [0.15, 0.2) is 0 Å². The lowest BCUT2D eigenvalue weighted by atomic mass is 10.1. The van der Waals surface area contributed by atoms with Crippen LogP contribution >= 0.6 is 0 Å². The SMILES string of the molecule is CC(OCc1ccccc1)C(CCCOCc1ccccc1)OCc1ccccc1. The number of rotatable bonds is 13. The number of benzene rings is 3. The highest BCUT2D eigenvalue weighted by molar-refractivity contribution is 5.15. The summed E-state index contributed by atoms with van der Waals surface area (Å²) in [5.41, 5.74) is 3.56. The summed E-state index contributed by atoms with van der Waals surface area (Å²) in [7, 11) is 0. The summed E-state index contributed by atoms with van der Waals surface area (Å²) in [6, 6.07) is 30.8. The molecule has 0 aliphatic carbocycles. The lowest BCUT2D eigenvalue weighted by Crippen LogP contribution is -2.29. The summed E-state index contributed by atoms with van der Waals surface area (Å²) < 4.78 is 18.2. The van der Waals surface area contributed by atoms with Gasteiger partial charge in [-0.2, -0.15) is 0 Å². The fourth-order valence-electron chi connectivity index (χ4n) is 3.29. The summed E-state index contributed by atoms with van der Waals surface area (Å²) in [6.45, 7) is 4.65. The molecule has 0 aliphatic rings. The fraction of sp³-hybridized carbons (Fsp3) is 0.333. The van der Waals surface area contributed by atoms with Crippen molar-refractivity contribution in [1.29, 1.82) is 0 Å². The average Bonchev–Trinajstić information content (AvgIpc) is 2.81. The van der Waals surface area contributed by atoms with Crippen molar-refractivity contribution in [1.82, 2.24) is 0 Å². The molecule has 0 spiro atoms. The van der Waals surface area contributed by atoms with Gasteiger partial charge in [0.25, 0.3) is 0 Å². The third-order valence-electron chi connectivity index (χ3n) is 5.08. The third kappa shape index (κ3) is 8.11. The molecule has 3 heteroatoms. The van der Waals surface area contributed by atoms with E-state index in [2.05, 4.69) is 43.3 Å². The Kier molecular flexibility index (Phi) is 9.61. The van der Waals surface area contributed by atoms with Gasteiger partial charge in [-0.05, 0) is 36.5 Å². The van der Waals surface area contributed by atoms with E-state index in [0.717, 1.165) is 12.8 Å². The molecule has 158 valence electrons. The van der Waals surface area contributed by atoms with Gasteiger partial charge >= 0.3 is 0 Å². The van der Waals surface area contributed by atoms with Crippen molar-refractivity contribution in [3.63, 3.8) is 0 Å². The largest absolute Gasteiger partial charge is 0.377 e. The molecule has 3 rings (SSSR count). The van der Waals surface area contributed by atoms with Crippen molar-refractivity contribution in [3.8, 4) is 0 Å². The molecule has 0 saturated heterocycles. The molecule has 3 nitrogen and oxygen atoms in total. The third-order valence-corrected chi connectivity index (χ3v) is 5.08. The molecule has 0 amide bonds. The van der Waals surface area contributed by atoms with Gasteiger partial charge in [0.1, 0.15) is 0 Å². The van der Waals surface area contributed by atoms with Gasteiger partial charge in [0.2, 0.25) is 0 Å². The minimum atomic E-state index is 0.00282. The van der Waals surface area contributed by atoms with Crippen LogP contribution in [0.15, 0.2) is 91.0 Å². The van der Waals surface area contributed by atoms with Crippen LogP contribution in [0.3, 0.4) is 0 Å². The van der Waals surface area contributed by atoms with Crippen molar-refractivity contribution in [2.24, 2.45) is 0 Å². The van der Waals surface area contributed by atoms with E-state index in [1.54, 1.807) is 0 Å². The highest BCUT2D eigenvalue weighted by atomic mass is 16.5. The van der Waals surface area contributed by atoms with Crippen LogP contribution in [0.5, 0.6) is 0 Å². The Labute approximate surface area is 180 Å². The van der Waals surface area contributed by atoms with Gasteiger partial charge in [-0.15, -0.1) is 0 Å². The molecule has 3 aromatic rings. The van der Waals surface area contributed by atoms with Crippen LogP contribution in [0.25, 0.3) is 0 Å². The van der Waals surface area contributed by atoms with E-state index in [1.165, 1.54) is 16.7 Å². The van der Waals surface area contributed by atoms with Crippen LogP contribution in [0, 0.1) is 0 Å². The molecular formula is C27H32O3. The summed E-state index contributed by atoms with van der Waals surface area (Å²) >= 11 is 0. The van der Waals surface area contributed by atoms with Crippen molar-refractivity contribution in [2.45, 2.75) is 51.8 Å². The van der Waals surface area contributed by atoms with Crippen LogP contribution in [0.1, 0.15) is 36.5 Å². The molecule has 0 aromatic heterocycles. The van der Waals surface area contributed by atoms with E-state index in [9.17, 15) is 0 Å². The first-order chi connectivity index (χ1) is 14.8. The molecule has 0 heterocycles. The number of hydrogen-bond donors (Lipinski definition) is 0. The van der Waals surface area contributed by atoms with Gasteiger partial charge < -0.3 is 14.2 Å². The monoisotopic (exact) mass is 404 g/mol. The van der Waals surface area contributed by atoms with E-state index >= 15 is 0 Å². The molecule has 0 bridgehead atoms. The Bertz CT molecular complexity index is 805. The molecule has 0 saturated carbocycles. The first-order valence-electron chi connectivity index (χ1n) is 10.7. The standard InChI is InChI=1S/C27H32O3/c1-23(29-21-25-14-7-3-8-15-25)27(30-22-26-16-9-4-10-17-26)18-11-19-28-20-24-12-5-2-6-13-24/h2-10,12-17,23,27H,11,18-22H2,1H3. The molecule has 3 aromatic carbocycles. The highest BCUT2D eigenvalue weighted by Crippen LogP contribution is 2.16. The number of hydrogen-bond acceptors (Lipinski definition) is 3. The van der Waals surface area contributed by atoms with Gasteiger partial charge in [-0.3, -0.25) is 0 Å². The van der Waals surface area contributed by atoms with Crippen LogP contribution in [0.2, 0.25) is 0 Å². The van der Waals surface area contributed by atoms with Crippen LogP contribution < -0.4 is 0 Å². The maximum absolute atomic E-state index is 6.26. The Hall–Kier alpha value is -2.46. The first kappa shape index (κ1) is 22.2. The Morgan fingerprint density at radius 1 is 0.600 bits per heavy atom. The molecule has 0 fully saturated rings. The highest BCUT2D eigenvalue weighted by Gasteiger charge is 2.19. The van der Waals surface area contributed by atoms with E-state index in [-0.39, 0.29) is 12.2 Å². The van der Waals surface area contributed by atoms with Crippen LogP contribution in [0.4, 0.5) is 0 Å². The van der Waals surface area contributed by atoms with E-state index < -0.39 is 0 Å². The maximum atomic E-state index is 6.26. The second-order valence-corrected chi connectivity index (χ2v) is 7.52. The smallest absolute Gasteiger partial charge is 0.0839 e. The van der Waals surface area contributed by atoms with Crippen LogP contribution in [-0.2, 0) is 34.0 Å². The summed E-state index contributed by atoms with van der Waals surface area (Å²) in [6.07, 6.45) is 1.86. The minimum absolute atomic E-state index is 0.00282. The predicted octanol–water partition coefficient (Wildman–Crippen LogP) is 6.17. The second kappa shape index (κ2) is 13.0. The predicted molar refractivity (Wildman–Crippen MR) is 121 cm³/mol. The Morgan fingerprint density at radius 3 is 1.60 bits per heavy atom. The quantitative estimate of drug-likeness (QED) is 0.319. The topological polar surface area (TPSA) is 27.7 Å². The zero-order valence-electron chi connectivity index (χ0n) is 17.8. The second-order valence-electron chi connectivity index (χ2n) is 7.52. The average molecular weight is 405 g/mol. The lowest BCUT2D eigenvalue weighted by Gasteiger charge is -2.25. The zero-order valence-corrected chi connectivity index (χ0v) is 17.8. The van der Waals surface area contributed by atoms with Crippen molar-refractivity contribution in [3.05, 3.63) is 108 Å². The molecule has 30 heavy (non-hydrogen) atoms.